The number of nitrogens with zero attached hydrogens (tertiary/aromatic N) is 2. The molecule has 0 amide bonds. The predicted octanol–water partition coefficient (Wildman–Crippen LogP) is 6.58. The van der Waals surface area contributed by atoms with Crippen LogP contribution in [0.5, 0.6) is 0 Å². The molecule has 0 fully saturated rings. The van der Waals surface area contributed by atoms with E-state index in [9.17, 15) is 0 Å². The predicted molar refractivity (Wildman–Crippen MR) is 118 cm³/mol. The normalized spacial score (nSPS) is 12.1. The maximum atomic E-state index is 7.88. The molecule has 0 aliphatic heterocycles. The third-order valence-corrected chi connectivity index (χ3v) is 5.41. The monoisotopic (exact) mass is 444 g/mol. The maximum Gasteiger partial charge on any atom is 0.162 e. The SMILES string of the molecule is CCC(CCNc1nc(-c2ccc(Br)cc2)nc2ccc(Cl)cc12)C(C)=N. The van der Waals surface area contributed by atoms with Crippen molar-refractivity contribution in [2.45, 2.75) is 26.7 Å². The van der Waals surface area contributed by atoms with E-state index in [1.54, 1.807) is 0 Å². The topological polar surface area (TPSA) is 61.7 Å². The van der Waals surface area contributed by atoms with Crippen LogP contribution in [0, 0.1) is 11.3 Å². The van der Waals surface area contributed by atoms with E-state index in [1.807, 2.05) is 49.4 Å². The summed E-state index contributed by atoms with van der Waals surface area (Å²) in [5, 5.41) is 12.9. The minimum atomic E-state index is 0.292. The number of rotatable bonds is 7. The third kappa shape index (κ3) is 4.85. The van der Waals surface area contributed by atoms with Crippen LogP contribution in [0.4, 0.5) is 5.82 Å². The van der Waals surface area contributed by atoms with Gasteiger partial charge in [0.25, 0.3) is 0 Å². The van der Waals surface area contributed by atoms with Crippen LogP contribution in [0.3, 0.4) is 0 Å². The van der Waals surface area contributed by atoms with Gasteiger partial charge in [0.05, 0.1) is 5.52 Å². The fourth-order valence-corrected chi connectivity index (χ4v) is 3.49. The first-order valence-electron chi connectivity index (χ1n) is 9.00. The average Bonchev–Trinajstić information content (AvgIpc) is 2.65. The van der Waals surface area contributed by atoms with Gasteiger partial charge >= 0.3 is 0 Å². The van der Waals surface area contributed by atoms with Crippen LogP contribution in [0.1, 0.15) is 26.7 Å². The molecule has 3 rings (SSSR count). The van der Waals surface area contributed by atoms with Crippen molar-refractivity contribution >= 4 is 50.0 Å². The van der Waals surface area contributed by atoms with Crippen molar-refractivity contribution in [1.82, 2.24) is 9.97 Å². The molecule has 0 saturated carbocycles. The summed E-state index contributed by atoms with van der Waals surface area (Å²) in [7, 11) is 0. The molecule has 0 spiro atoms. The number of hydrogen-bond acceptors (Lipinski definition) is 4. The van der Waals surface area contributed by atoms with Crippen LogP contribution in [0.25, 0.3) is 22.3 Å². The van der Waals surface area contributed by atoms with Gasteiger partial charge in [-0.1, -0.05) is 46.6 Å². The Hall–Kier alpha value is -1.98. The molecule has 0 bridgehead atoms. The third-order valence-electron chi connectivity index (χ3n) is 4.65. The van der Waals surface area contributed by atoms with Gasteiger partial charge < -0.3 is 10.7 Å². The zero-order chi connectivity index (χ0) is 19.4. The van der Waals surface area contributed by atoms with Gasteiger partial charge in [-0.3, -0.25) is 0 Å². The molecule has 1 unspecified atom stereocenters. The molecule has 0 aliphatic carbocycles. The quantitative estimate of drug-likeness (QED) is 0.404. The minimum absolute atomic E-state index is 0.292. The van der Waals surface area contributed by atoms with Gasteiger partial charge in [-0.05, 0) is 56.0 Å². The molecule has 2 N–H and O–H groups in total. The number of benzene rings is 2. The lowest BCUT2D eigenvalue weighted by atomic mass is 9.98. The first kappa shape index (κ1) is 19.8. The van der Waals surface area contributed by atoms with Crippen LogP contribution >= 0.6 is 27.5 Å². The van der Waals surface area contributed by atoms with Gasteiger partial charge in [0.1, 0.15) is 5.82 Å². The molecule has 0 aliphatic rings. The second kappa shape index (κ2) is 8.81. The van der Waals surface area contributed by atoms with Gasteiger partial charge in [-0.2, -0.15) is 0 Å². The highest BCUT2D eigenvalue weighted by atomic mass is 79.9. The lowest BCUT2D eigenvalue weighted by Gasteiger charge is -2.15. The Morgan fingerprint density at radius 3 is 2.59 bits per heavy atom. The van der Waals surface area contributed by atoms with Crippen molar-refractivity contribution in [3.05, 3.63) is 52.0 Å². The number of aromatic nitrogens is 2. The van der Waals surface area contributed by atoms with E-state index in [-0.39, 0.29) is 0 Å². The largest absolute Gasteiger partial charge is 0.369 e. The minimum Gasteiger partial charge on any atom is -0.369 e. The summed E-state index contributed by atoms with van der Waals surface area (Å²) < 4.78 is 1.02. The number of anilines is 1. The van der Waals surface area contributed by atoms with Crippen LogP contribution in [0.15, 0.2) is 46.9 Å². The molecule has 1 atom stereocenters. The Bertz CT molecular complexity index is 956. The summed E-state index contributed by atoms with van der Waals surface area (Å²) in [6.07, 6.45) is 1.86. The van der Waals surface area contributed by atoms with Crippen LogP contribution in [-0.2, 0) is 0 Å². The number of hydrogen-bond donors (Lipinski definition) is 2. The molecule has 0 radical (unpaired) electrons. The van der Waals surface area contributed by atoms with E-state index in [2.05, 4.69) is 28.2 Å². The fourth-order valence-electron chi connectivity index (χ4n) is 3.06. The number of fused-ring (bicyclic) bond motifs is 1. The van der Waals surface area contributed by atoms with E-state index in [0.29, 0.717) is 16.8 Å². The molecule has 3 aromatic rings. The molecule has 27 heavy (non-hydrogen) atoms. The highest BCUT2D eigenvalue weighted by Crippen LogP contribution is 2.28. The summed E-state index contributed by atoms with van der Waals surface area (Å²) in [5.41, 5.74) is 2.54. The molecule has 6 heteroatoms. The molecule has 1 aromatic heterocycles. The second-order valence-electron chi connectivity index (χ2n) is 6.57. The molecule has 2 aromatic carbocycles. The Morgan fingerprint density at radius 1 is 1.19 bits per heavy atom. The smallest absolute Gasteiger partial charge is 0.162 e. The van der Waals surface area contributed by atoms with Crippen LogP contribution in [0.2, 0.25) is 5.02 Å². The lowest BCUT2D eigenvalue weighted by Crippen LogP contribution is -2.15. The fraction of sp³-hybridized carbons (Fsp3) is 0.286. The highest BCUT2D eigenvalue weighted by molar-refractivity contribution is 9.10. The van der Waals surface area contributed by atoms with E-state index in [4.69, 9.17) is 27.0 Å². The first-order chi connectivity index (χ1) is 13.0. The molecular weight excluding hydrogens is 424 g/mol. The van der Waals surface area contributed by atoms with E-state index >= 15 is 0 Å². The molecule has 1 heterocycles. The van der Waals surface area contributed by atoms with Gasteiger partial charge in [0, 0.05) is 32.7 Å². The molecule has 0 saturated heterocycles. The van der Waals surface area contributed by atoms with Crippen LogP contribution < -0.4 is 5.32 Å². The van der Waals surface area contributed by atoms with Gasteiger partial charge in [0.15, 0.2) is 5.82 Å². The first-order valence-corrected chi connectivity index (χ1v) is 10.2. The average molecular weight is 446 g/mol. The van der Waals surface area contributed by atoms with Crippen LogP contribution in [-0.4, -0.2) is 22.2 Å². The summed E-state index contributed by atoms with van der Waals surface area (Å²) in [6, 6.07) is 13.6. The summed E-state index contributed by atoms with van der Waals surface area (Å²) in [4.78, 5) is 9.46. The molecule has 140 valence electrons. The van der Waals surface area contributed by atoms with Gasteiger partial charge in [0.2, 0.25) is 0 Å². The van der Waals surface area contributed by atoms with Crippen molar-refractivity contribution < 1.29 is 0 Å². The summed E-state index contributed by atoms with van der Waals surface area (Å²) in [6.45, 7) is 4.74. The van der Waals surface area contributed by atoms with Crippen molar-refractivity contribution in [3.8, 4) is 11.4 Å². The van der Waals surface area contributed by atoms with E-state index < -0.39 is 0 Å². The standard InChI is InChI=1S/C21H22BrClN4/c1-3-14(13(2)24)10-11-25-21-18-12-17(23)8-9-19(18)26-20(27-21)15-4-6-16(22)7-5-15/h4-9,12,14,24H,3,10-11H2,1-2H3,(H,25,26,27). The zero-order valence-electron chi connectivity index (χ0n) is 15.4. The van der Waals surface area contributed by atoms with E-state index in [1.165, 1.54) is 0 Å². The number of halogens is 2. The zero-order valence-corrected chi connectivity index (χ0v) is 17.7. The second-order valence-corrected chi connectivity index (χ2v) is 7.92. The molecular formula is C21H22BrClN4. The van der Waals surface area contributed by atoms with Gasteiger partial charge in [-0.15, -0.1) is 0 Å². The van der Waals surface area contributed by atoms with E-state index in [0.717, 1.165) is 51.9 Å². The van der Waals surface area contributed by atoms with Crippen molar-refractivity contribution in [2.24, 2.45) is 5.92 Å². The Balaban J connectivity index is 1.94. The lowest BCUT2D eigenvalue weighted by molar-refractivity contribution is 0.619. The highest BCUT2D eigenvalue weighted by Gasteiger charge is 2.12. The van der Waals surface area contributed by atoms with Crippen molar-refractivity contribution in [3.63, 3.8) is 0 Å². The number of nitrogens with one attached hydrogen (secondary N) is 2. The Morgan fingerprint density at radius 2 is 1.93 bits per heavy atom. The van der Waals surface area contributed by atoms with Crippen molar-refractivity contribution in [1.29, 1.82) is 5.41 Å². The molecule has 4 nitrogen and oxygen atoms in total. The Kier molecular flexibility index (Phi) is 6.45. The van der Waals surface area contributed by atoms with Gasteiger partial charge in [-0.25, -0.2) is 9.97 Å². The van der Waals surface area contributed by atoms with Crippen molar-refractivity contribution in [2.75, 3.05) is 11.9 Å². The maximum absolute atomic E-state index is 7.88. The summed E-state index contributed by atoms with van der Waals surface area (Å²) >= 11 is 9.66. The summed E-state index contributed by atoms with van der Waals surface area (Å²) in [5.74, 6) is 1.74. The Labute approximate surface area is 173 Å².